The Morgan fingerprint density at radius 2 is 1.67 bits per heavy atom. The van der Waals surface area contributed by atoms with Gasteiger partial charge in [0.05, 0.1) is 28.5 Å². The van der Waals surface area contributed by atoms with Crippen LogP contribution in [0.4, 0.5) is 11.4 Å². The molecular weight excluding hydrogens is 380 g/mol. The summed E-state index contributed by atoms with van der Waals surface area (Å²) in [5, 5.41) is 24.5. The third-order valence-electron chi connectivity index (χ3n) is 5.26. The lowest BCUT2D eigenvalue weighted by molar-refractivity contribution is 0.466. The molecule has 1 unspecified atom stereocenters. The van der Waals surface area contributed by atoms with Crippen LogP contribution in [-0.2, 0) is 0 Å². The first kappa shape index (κ1) is 18.0. The number of phenolic OH excluding ortho intramolecular Hbond substituents is 1. The van der Waals surface area contributed by atoms with Crippen LogP contribution in [-0.4, -0.2) is 15.9 Å². The van der Waals surface area contributed by atoms with Crippen LogP contribution >= 0.6 is 0 Å². The first-order valence-corrected chi connectivity index (χ1v) is 9.57. The molecule has 6 nitrogen and oxygen atoms in total. The lowest BCUT2D eigenvalue weighted by Crippen LogP contribution is -2.19. The maximum Gasteiger partial charge on any atom is 0.349 e. The van der Waals surface area contributed by atoms with E-state index >= 15 is 0 Å². The number of nitrogens with zero attached hydrogens (tertiary/aromatic N) is 1. The van der Waals surface area contributed by atoms with Crippen molar-refractivity contribution in [2.24, 2.45) is 4.99 Å². The lowest BCUT2D eigenvalue weighted by atomic mass is 9.97. The number of fused-ring (bicyclic) bond motifs is 2. The number of phenols is 1. The Labute approximate surface area is 171 Å². The van der Waals surface area contributed by atoms with Crippen molar-refractivity contribution in [2.45, 2.75) is 12.5 Å². The molecule has 0 radical (unpaired) electrons. The van der Waals surface area contributed by atoms with E-state index in [-0.39, 0.29) is 23.1 Å². The molecule has 5 rings (SSSR count). The van der Waals surface area contributed by atoms with Crippen molar-refractivity contribution in [1.29, 1.82) is 0 Å². The second-order valence-electron chi connectivity index (χ2n) is 7.18. The van der Waals surface area contributed by atoms with Crippen molar-refractivity contribution < 1.29 is 14.6 Å². The number of benzene rings is 3. The smallest absolute Gasteiger partial charge is 0.349 e. The zero-order valence-corrected chi connectivity index (χ0v) is 15.9. The molecule has 0 saturated heterocycles. The summed E-state index contributed by atoms with van der Waals surface area (Å²) in [6.07, 6.45) is 0.343. The number of aliphatic imine (C=N–C) groups is 1. The molecule has 1 atom stereocenters. The van der Waals surface area contributed by atoms with Crippen molar-refractivity contribution in [1.82, 2.24) is 0 Å². The molecule has 1 aliphatic heterocycles. The summed E-state index contributed by atoms with van der Waals surface area (Å²) in [6, 6.07) is 21.1. The van der Waals surface area contributed by atoms with Crippen LogP contribution in [0.15, 0.2) is 87.0 Å². The van der Waals surface area contributed by atoms with Crippen LogP contribution in [0.25, 0.3) is 11.0 Å². The van der Waals surface area contributed by atoms with Crippen LogP contribution in [0, 0.1) is 0 Å². The minimum atomic E-state index is -0.631. The molecule has 0 amide bonds. The molecule has 1 aromatic heterocycles. The monoisotopic (exact) mass is 398 g/mol. The molecule has 4 aromatic rings. The van der Waals surface area contributed by atoms with E-state index < -0.39 is 5.63 Å². The summed E-state index contributed by atoms with van der Waals surface area (Å²) in [6.45, 7) is 0. The lowest BCUT2D eigenvalue weighted by Gasteiger charge is -2.19. The molecule has 0 saturated carbocycles. The minimum absolute atomic E-state index is 0.0657. The second kappa shape index (κ2) is 7.08. The van der Waals surface area contributed by atoms with Gasteiger partial charge in [0.25, 0.3) is 0 Å². The largest absolute Gasteiger partial charge is 0.508 e. The van der Waals surface area contributed by atoms with Gasteiger partial charge >= 0.3 is 5.63 Å². The van der Waals surface area contributed by atoms with Crippen molar-refractivity contribution in [3.63, 3.8) is 0 Å². The van der Waals surface area contributed by atoms with E-state index in [1.54, 1.807) is 36.4 Å². The molecule has 3 aromatic carbocycles. The fraction of sp³-hybridized carbons (Fsp3) is 0.0833. The van der Waals surface area contributed by atoms with Crippen molar-refractivity contribution in [3.8, 4) is 11.5 Å². The normalized spacial score (nSPS) is 15.7. The van der Waals surface area contributed by atoms with Crippen LogP contribution in [0.2, 0.25) is 0 Å². The Hall–Kier alpha value is -4.06. The SMILES string of the molecule is O=c1oc2ccccc2c(O)c1C1=Nc2ccccc2NC(c2ccc(O)cc2)C1. The van der Waals surface area contributed by atoms with Crippen LogP contribution < -0.4 is 10.9 Å². The molecule has 0 fully saturated rings. The van der Waals surface area contributed by atoms with Gasteiger partial charge in [-0.25, -0.2) is 4.79 Å². The van der Waals surface area contributed by atoms with E-state index in [1.165, 1.54) is 0 Å². The summed E-state index contributed by atoms with van der Waals surface area (Å²) in [4.78, 5) is 17.5. The van der Waals surface area contributed by atoms with Crippen molar-refractivity contribution in [2.75, 3.05) is 5.32 Å². The predicted octanol–water partition coefficient (Wildman–Crippen LogP) is 4.88. The summed E-state index contributed by atoms with van der Waals surface area (Å²) < 4.78 is 5.46. The highest BCUT2D eigenvalue weighted by atomic mass is 16.4. The minimum Gasteiger partial charge on any atom is -0.508 e. The molecule has 2 heterocycles. The van der Waals surface area contributed by atoms with E-state index in [0.717, 1.165) is 11.3 Å². The summed E-state index contributed by atoms with van der Waals surface area (Å²) in [5.74, 6) is 0.0407. The Kier molecular flexibility index (Phi) is 4.25. The van der Waals surface area contributed by atoms with Gasteiger partial charge in [-0.05, 0) is 42.0 Å². The highest BCUT2D eigenvalue weighted by Crippen LogP contribution is 2.37. The Balaban J connectivity index is 1.70. The van der Waals surface area contributed by atoms with E-state index in [4.69, 9.17) is 9.41 Å². The molecule has 30 heavy (non-hydrogen) atoms. The van der Waals surface area contributed by atoms with Crippen LogP contribution in [0.3, 0.4) is 0 Å². The van der Waals surface area contributed by atoms with E-state index in [1.807, 2.05) is 36.4 Å². The van der Waals surface area contributed by atoms with Gasteiger partial charge in [0, 0.05) is 6.42 Å². The Morgan fingerprint density at radius 3 is 2.50 bits per heavy atom. The zero-order valence-electron chi connectivity index (χ0n) is 15.9. The standard InChI is InChI=1S/C24H18N2O4/c27-15-11-9-14(10-12-15)19-13-20(26-18-7-3-2-6-17(18)25-19)22-23(28)16-5-1-4-8-21(16)30-24(22)29/h1-12,19,25,27-28H,13H2. The molecule has 0 aliphatic carbocycles. The molecule has 0 bridgehead atoms. The zero-order chi connectivity index (χ0) is 20.7. The third kappa shape index (κ3) is 3.08. The van der Waals surface area contributed by atoms with Crippen molar-refractivity contribution >= 4 is 28.1 Å². The Bertz CT molecular complexity index is 1340. The maximum atomic E-state index is 12.8. The number of nitrogens with one attached hydrogen (secondary N) is 1. The van der Waals surface area contributed by atoms with E-state index in [2.05, 4.69) is 5.32 Å². The summed E-state index contributed by atoms with van der Waals surface area (Å²) in [5.41, 5.74) is 2.59. The molecular formula is C24H18N2O4. The molecule has 1 aliphatic rings. The molecule has 6 heteroatoms. The quantitative estimate of drug-likeness (QED) is 0.418. The van der Waals surface area contributed by atoms with Gasteiger partial charge in [0.2, 0.25) is 0 Å². The fourth-order valence-corrected chi connectivity index (χ4v) is 3.77. The van der Waals surface area contributed by atoms with Gasteiger partial charge in [-0.2, -0.15) is 0 Å². The van der Waals surface area contributed by atoms with Gasteiger partial charge < -0.3 is 19.9 Å². The first-order valence-electron chi connectivity index (χ1n) is 9.57. The van der Waals surface area contributed by atoms with E-state index in [0.29, 0.717) is 28.8 Å². The summed E-state index contributed by atoms with van der Waals surface area (Å²) >= 11 is 0. The van der Waals surface area contributed by atoms with Gasteiger partial charge in [0.1, 0.15) is 22.6 Å². The highest BCUT2D eigenvalue weighted by Gasteiger charge is 2.26. The number of rotatable bonds is 2. The number of anilines is 1. The molecule has 148 valence electrons. The van der Waals surface area contributed by atoms with Gasteiger partial charge in [-0.3, -0.25) is 4.99 Å². The highest BCUT2D eigenvalue weighted by molar-refractivity contribution is 6.08. The van der Waals surface area contributed by atoms with Gasteiger partial charge in [-0.1, -0.05) is 36.4 Å². The topological polar surface area (TPSA) is 95.1 Å². The van der Waals surface area contributed by atoms with E-state index in [9.17, 15) is 15.0 Å². The third-order valence-corrected chi connectivity index (χ3v) is 5.26. The molecule has 0 spiro atoms. The molecule has 3 N–H and O–H groups in total. The van der Waals surface area contributed by atoms with Crippen molar-refractivity contribution in [3.05, 3.63) is 94.3 Å². The predicted molar refractivity (Wildman–Crippen MR) is 116 cm³/mol. The second-order valence-corrected chi connectivity index (χ2v) is 7.18. The average molecular weight is 398 g/mol. The number of para-hydroxylation sites is 3. The number of hydrogen-bond donors (Lipinski definition) is 3. The van der Waals surface area contributed by atoms with Gasteiger partial charge in [0.15, 0.2) is 0 Å². The van der Waals surface area contributed by atoms with Crippen LogP contribution in [0.1, 0.15) is 23.6 Å². The average Bonchev–Trinajstić information content (AvgIpc) is 2.94. The summed E-state index contributed by atoms with van der Waals surface area (Å²) in [7, 11) is 0. The number of hydrogen-bond acceptors (Lipinski definition) is 6. The van der Waals surface area contributed by atoms with Gasteiger partial charge in [-0.15, -0.1) is 0 Å². The fourth-order valence-electron chi connectivity index (χ4n) is 3.77. The first-order chi connectivity index (χ1) is 14.6. The van der Waals surface area contributed by atoms with Crippen LogP contribution in [0.5, 0.6) is 11.5 Å². The maximum absolute atomic E-state index is 12.8. The number of aromatic hydroxyl groups is 2. The Morgan fingerprint density at radius 1 is 0.933 bits per heavy atom.